The van der Waals surface area contributed by atoms with Crippen LogP contribution in [0.4, 0.5) is 5.69 Å². The number of esters is 1. The van der Waals surface area contributed by atoms with Gasteiger partial charge in [-0.3, -0.25) is 14.4 Å². The first kappa shape index (κ1) is 23.2. The molecule has 2 amide bonds. The number of piperidine rings is 1. The van der Waals surface area contributed by atoms with E-state index in [9.17, 15) is 14.4 Å². The number of ether oxygens (including phenoxy) is 1. The first-order valence-electron chi connectivity index (χ1n) is 10.2. The number of carbonyl (C=O) groups excluding carboxylic acids is 3. The number of hydrogen-bond donors (Lipinski definition) is 1. The molecule has 3 rings (SSSR count). The molecular formula is C23H25ClN2O4S. The summed E-state index contributed by atoms with van der Waals surface area (Å²) in [6, 6.07) is 12.7. The van der Waals surface area contributed by atoms with Crippen molar-refractivity contribution >= 4 is 46.8 Å². The molecule has 1 aliphatic heterocycles. The van der Waals surface area contributed by atoms with Crippen LogP contribution in [-0.4, -0.2) is 42.4 Å². The Morgan fingerprint density at radius 3 is 2.42 bits per heavy atom. The third-order valence-corrected chi connectivity index (χ3v) is 6.32. The molecule has 164 valence electrons. The minimum absolute atomic E-state index is 0.114. The van der Waals surface area contributed by atoms with Gasteiger partial charge in [-0.25, -0.2) is 0 Å². The summed E-state index contributed by atoms with van der Waals surface area (Å²) in [6.45, 7) is 4.59. The fourth-order valence-electron chi connectivity index (χ4n) is 3.43. The molecule has 1 aliphatic rings. The normalized spacial score (nSPS) is 14.2. The second kappa shape index (κ2) is 10.7. The van der Waals surface area contributed by atoms with Gasteiger partial charge < -0.3 is 15.0 Å². The molecule has 1 heterocycles. The van der Waals surface area contributed by atoms with Crippen molar-refractivity contribution in [1.82, 2.24) is 4.90 Å². The van der Waals surface area contributed by atoms with Crippen LogP contribution in [0.1, 0.15) is 37.0 Å². The molecule has 0 bridgehead atoms. The van der Waals surface area contributed by atoms with E-state index in [0.29, 0.717) is 48.8 Å². The number of anilines is 1. The largest absolute Gasteiger partial charge is 0.466 e. The molecule has 1 fully saturated rings. The SMILES string of the molecule is CCOC(=O)C1CCN(C(=O)c2ccc(Sc3ccc(Cl)cc3)c(NC(C)=O)c2)CC1. The summed E-state index contributed by atoms with van der Waals surface area (Å²) in [7, 11) is 0. The Labute approximate surface area is 191 Å². The minimum Gasteiger partial charge on any atom is -0.466 e. The highest BCUT2D eigenvalue weighted by Gasteiger charge is 2.29. The van der Waals surface area contributed by atoms with E-state index in [0.717, 1.165) is 9.79 Å². The highest BCUT2D eigenvalue weighted by atomic mass is 35.5. The van der Waals surface area contributed by atoms with Gasteiger partial charge in [0.15, 0.2) is 0 Å². The average molecular weight is 461 g/mol. The molecule has 2 aromatic rings. The fraction of sp³-hybridized carbons (Fsp3) is 0.348. The molecule has 0 atom stereocenters. The van der Waals surface area contributed by atoms with E-state index in [-0.39, 0.29) is 23.7 Å². The second-order valence-corrected chi connectivity index (χ2v) is 8.82. The summed E-state index contributed by atoms with van der Waals surface area (Å²) in [5.41, 5.74) is 1.08. The van der Waals surface area contributed by atoms with E-state index >= 15 is 0 Å². The Hall–Kier alpha value is -2.51. The van der Waals surface area contributed by atoms with Crippen molar-refractivity contribution in [3.63, 3.8) is 0 Å². The van der Waals surface area contributed by atoms with Gasteiger partial charge >= 0.3 is 5.97 Å². The summed E-state index contributed by atoms with van der Waals surface area (Å²) >= 11 is 7.43. The number of benzene rings is 2. The Bertz CT molecular complexity index is 957. The van der Waals surface area contributed by atoms with Crippen LogP contribution in [0.3, 0.4) is 0 Å². The van der Waals surface area contributed by atoms with E-state index in [1.807, 2.05) is 18.2 Å². The minimum atomic E-state index is -0.210. The fourth-order valence-corrected chi connectivity index (χ4v) is 4.44. The van der Waals surface area contributed by atoms with Crippen molar-refractivity contribution in [1.29, 1.82) is 0 Å². The topological polar surface area (TPSA) is 75.7 Å². The van der Waals surface area contributed by atoms with Crippen molar-refractivity contribution in [2.45, 2.75) is 36.5 Å². The van der Waals surface area contributed by atoms with Gasteiger partial charge in [-0.2, -0.15) is 0 Å². The molecule has 0 aromatic heterocycles. The zero-order valence-electron chi connectivity index (χ0n) is 17.5. The van der Waals surface area contributed by atoms with Crippen LogP contribution < -0.4 is 5.32 Å². The quantitative estimate of drug-likeness (QED) is 0.622. The zero-order valence-corrected chi connectivity index (χ0v) is 19.1. The van der Waals surface area contributed by atoms with Gasteiger partial charge in [0.25, 0.3) is 5.91 Å². The van der Waals surface area contributed by atoms with Crippen LogP contribution in [0.2, 0.25) is 5.02 Å². The van der Waals surface area contributed by atoms with E-state index in [4.69, 9.17) is 16.3 Å². The standard InChI is InChI=1S/C23H25ClN2O4S/c1-3-30-23(29)16-10-12-26(13-11-16)22(28)17-4-9-21(20(14-17)25-15(2)27)31-19-7-5-18(24)6-8-19/h4-9,14,16H,3,10-13H2,1-2H3,(H,25,27). The summed E-state index contributed by atoms with van der Waals surface area (Å²) in [6.07, 6.45) is 1.18. The molecule has 0 radical (unpaired) electrons. The summed E-state index contributed by atoms with van der Waals surface area (Å²) in [5.74, 6) is -0.669. The number of likely N-dealkylation sites (tertiary alicyclic amines) is 1. The van der Waals surface area contributed by atoms with Gasteiger partial charge in [0.2, 0.25) is 5.91 Å². The Morgan fingerprint density at radius 2 is 1.81 bits per heavy atom. The number of halogens is 1. The molecule has 0 spiro atoms. The van der Waals surface area contributed by atoms with Crippen LogP contribution >= 0.6 is 23.4 Å². The van der Waals surface area contributed by atoms with Crippen molar-refractivity contribution in [2.24, 2.45) is 5.92 Å². The lowest BCUT2D eigenvalue weighted by molar-refractivity contribution is -0.149. The summed E-state index contributed by atoms with van der Waals surface area (Å²) in [4.78, 5) is 40.2. The van der Waals surface area contributed by atoms with Crippen LogP contribution in [-0.2, 0) is 14.3 Å². The van der Waals surface area contributed by atoms with Crippen LogP contribution in [0, 0.1) is 5.92 Å². The van der Waals surface area contributed by atoms with Gasteiger partial charge in [-0.1, -0.05) is 23.4 Å². The van der Waals surface area contributed by atoms with Gasteiger partial charge in [-0.05, 0) is 62.2 Å². The molecule has 0 unspecified atom stereocenters. The Kier molecular flexibility index (Phi) is 7.98. The maximum absolute atomic E-state index is 13.0. The lowest BCUT2D eigenvalue weighted by Gasteiger charge is -2.31. The van der Waals surface area contributed by atoms with Crippen LogP contribution in [0.15, 0.2) is 52.3 Å². The molecule has 2 aromatic carbocycles. The van der Waals surface area contributed by atoms with Gasteiger partial charge in [0.1, 0.15) is 0 Å². The van der Waals surface area contributed by atoms with Crippen molar-refractivity contribution in [2.75, 3.05) is 25.0 Å². The van der Waals surface area contributed by atoms with Gasteiger partial charge in [0.05, 0.1) is 18.2 Å². The van der Waals surface area contributed by atoms with E-state index < -0.39 is 0 Å². The average Bonchev–Trinajstić information content (AvgIpc) is 2.76. The molecule has 0 aliphatic carbocycles. The monoisotopic (exact) mass is 460 g/mol. The number of amides is 2. The number of carbonyl (C=O) groups is 3. The predicted octanol–water partition coefficient (Wildman–Crippen LogP) is 4.86. The first-order valence-corrected chi connectivity index (χ1v) is 11.4. The molecular weight excluding hydrogens is 436 g/mol. The smallest absolute Gasteiger partial charge is 0.309 e. The third kappa shape index (κ3) is 6.24. The molecule has 8 heteroatoms. The van der Waals surface area contributed by atoms with Crippen LogP contribution in [0.25, 0.3) is 0 Å². The van der Waals surface area contributed by atoms with E-state index in [2.05, 4.69) is 5.32 Å². The number of nitrogens with one attached hydrogen (secondary N) is 1. The van der Waals surface area contributed by atoms with Crippen molar-refractivity contribution < 1.29 is 19.1 Å². The highest BCUT2D eigenvalue weighted by Crippen LogP contribution is 2.35. The second-order valence-electron chi connectivity index (χ2n) is 7.27. The van der Waals surface area contributed by atoms with Crippen LogP contribution in [0.5, 0.6) is 0 Å². The zero-order chi connectivity index (χ0) is 22.4. The number of rotatable bonds is 6. The van der Waals surface area contributed by atoms with Gasteiger partial charge in [-0.15, -0.1) is 0 Å². The first-order chi connectivity index (χ1) is 14.9. The summed E-state index contributed by atoms with van der Waals surface area (Å²) < 4.78 is 5.09. The molecule has 1 N–H and O–H groups in total. The van der Waals surface area contributed by atoms with Crippen molar-refractivity contribution in [3.8, 4) is 0 Å². The maximum atomic E-state index is 13.0. The Balaban J connectivity index is 1.74. The molecule has 6 nitrogen and oxygen atoms in total. The highest BCUT2D eigenvalue weighted by molar-refractivity contribution is 7.99. The molecule has 1 saturated heterocycles. The predicted molar refractivity (Wildman–Crippen MR) is 122 cm³/mol. The maximum Gasteiger partial charge on any atom is 0.309 e. The molecule has 0 saturated carbocycles. The third-order valence-electron chi connectivity index (χ3n) is 4.98. The van der Waals surface area contributed by atoms with E-state index in [1.165, 1.54) is 18.7 Å². The number of hydrogen-bond acceptors (Lipinski definition) is 5. The number of nitrogens with zero attached hydrogens (tertiary/aromatic N) is 1. The Morgan fingerprint density at radius 1 is 1.13 bits per heavy atom. The van der Waals surface area contributed by atoms with E-state index in [1.54, 1.807) is 36.1 Å². The summed E-state index contributed by atoms with van der Waals surface area (Å²) in [5, 5.41) is 3.47. The van der Waals surface area contributed by atoms with Gasteiger partial charge in [0, 0.05) is 40.4 Å². The molecule has 31 heavy (non-hydrogen) atoms. The lowest BCUT2D eigenvalue weighted by Crippen LogP contribution is -2.40. The lowest BCUT2D eigenvalue weighted by atomic mass is 9.96. The van der Waals surface area contributed by atoms with Crippen molar-refractivity contribution in [3.05, 3.63) is 53.1 Å².